The summed E-state index contributed by atoms with van der Waals surface area (Å²) in [7, 11) is 0. The number of nitrogens with one attached hydrogen (secondary N) is 1. The van der Waals surface area contributed by atoms with Crippen molar-refractivity contribution in [3.05, 3.63) is 65.7 Å². The predicted octanol–water partition coefficient (Wildman–Crippen LogP) is 2.44. The predicted molar refractivity (Wildman–Crippen MR) is 111 cm³/mol. The first kappa shape index (κ1) is 20.0. The Morgan fingerprint density at radius 1 is 1.00 bits per heavy atom. The Morgan fingerprint density at radius 2 is 1.64 bits per heavy atom. The lowest BCUT2D eigenvalue weighted by Gasteiger charge is -2.34. The van der Waals surface area contributed by atoms with Gasteiger partial charge in [0.25, 0.3) is 0 Å². The maximum atomic E-state index is 12.1. The number of hydrazone groups is 1. The van der Waals surface area contributed by atoms with Crippen molar-refractivity contribution in [1.29, 1.82) is 0 Å². The van der Waals surface area contributed by atoms with Crippen LogP contribution in [0.3, 0.4) is 0 Å². The van der Waals surface area contributed by atoms with Crippen molar-refractivity contribution < 1.29 is 9.90 Å². The van der Waals surface area contributed by atoms with Gasteiger partial charge in [0.15, 0.2) is 0 Å². The third kappa shape index (κ3) is 6.18. The summed E-state index contributed by atoms with van der Waals surface area (Å²) < 4.78 is 0. The van der Waals surface area contributed by atoms with Crippen LogP contribution in [-0.2, 0) is 11.3 Å². The molecule has 0 unspecified atom stereocenters. The van der Waals surface area contributed by atoms with Crippen LogP contribution in [0.2, 0.25) is 0 Å². The molecule has 1 heterocycles. The fraction of sp³-hybridized carbons (Fsp3) is 0.364. The van der Waals surface area contributed by atoms with Crippen LogP contribution in [0.5, 0.6) is 5.75 Å². The van der Waals surface area contributed by atoms with Gasteiger partial charge in [-0.05, 0) is 42.3 Å². The van der Waals surface area contributed by atoms with Crippen molar-refractivity contribution >= 4 is 11.6 Å². The van der Waals surface area contributed by atoms with Gasteiger partial charge < -0.3 is 10.0 Å². The van der Waals surface area contributed by atoms with Gasteiger partial charge in [-0.2, -0.15) is 5.10 Å². The number of rotatable bonds is 7. The highest BCUT2D eigenvalue weighted by Crippen LogP contribution is 2.10. The van der Waals surface area contributed by atoms with Crippen LogP contribution in [0.1, 0.15) is 24.5 Å². The molecule has 28 heavy (non-hydrogen) atoms. The van der Waals surface area contributed by atoms with Crippen LogP contribution in [0, 0.1) is 0 Å². The number of piperazine rings is 1. The van der Waals surface area contributed by atoms with E-state index in [1.807, 2.05) is 13.0 Å². The molecule has 0 aliphatic carbocycles. The Labute approximate surface area is 166 Å². The van der Waals surface area contributed by atoms with E-state index in [2.05, 4.69) is 44.6 Å². The summed E-state index contributed by atoms with van der Waals surface area (Å²) in [5, 5.41) is 13.5. The molecule has 0 bridgehead atoms. The van der Waals surface area contributed by atoms with Gasteiger partial charge in [-0.1, -0.05) is 30.3 Å². The Kier molecular flexibility index (Phi) is 7.17. The largest absolute Gasteiger partial charge is 0.508 e. The standard InChI is InChI=1S/C22H28N4O2/c1-18(20-7-9-21(27)10-8-20)23-24-22(28)11-12-25-13-15-26(16-14-25)17-19-5-3-2-4-6-19/h2-10,27H,11-17H2,1H3,(H,24,28)/b23-18+. The number of nitrogens with zero attached hydrogens (tertiary/aromatic N) is 3. The number of hydrogen-bond donors (Lipinski definition) is 2. The minimum Gasteiger partial charge on any atom is -0.508 e. The van der Waals surface area contributed by atoms with Gasteiger partial charge in [0.1, 0.15) is 5.75 Å². The quantitative estimate of drug-likeness (QED) is 0.572. The molecule has 148 valence electrons. The topological polar surface area (TPSA) is 68.2 Å². The molecule has 2 aromatic carbocycles. The molecule has 6 heteroatoms. The Hall–Kier alpha value is -2.70. The molecule has 0 spiro atoms. The van der Waals surface area contributed by atoms with Crippen LogP contribution in [0.4, 0.5) is 0 Å². The zero-order valence-electron chi connectivity index (χ0n) is 16.3. The Morgan fingerprint density at radius 3 is 2.32 bits per heavy atom. The molecule has 6 nitrogen and oxygen atoms in total. The van der Waals surface area contributed by atoms with E-state index in [4.69, 9.17) is 0 Å². The number of aromatic hydroxyl groups is 1. The molecule has 0 atom stereocenters. The number of benzene rings is 2. The third-order valence-corrected chi connectivity index (χ3v) is 5.00. The van der Waals surface area contributed by atoms with Crippen LogP contribution < -0.4 is 5.43 Å². The SMILES string of the molecule is C/C(=N\NC(=O)CCN1CCN(Cc2ccccc2)CC1)c1ccc(O)cc1. The second-order valence-electron chi connectivity index (χ2n) is 7.13. The summed E-state index contributed by atoms with van der Waals surface area (Å²) in [6.45, 7) is 7.58. The van der Waals surface area contributed by atoms with Gasteiger partial charge in [-0.25, -0.2) is 5.43 Å². The van der Waals surface area contributed by atoms with Gasteiger partial charge in [0.2, 0.25) is 5.91 Å². The van der Waals surface area contributed by atoms with Gasteiger partial charge >= 0.3 is 0 Å². The lowest BCUT2D eigenvalue weighted by molar-refractivity contribution is -0.121. The number of phenols is 1. The zero-order valence-corrected chi connectivity index (χ0v) is 16.3. The maximum absolute atomic E-state index is 12.1. The van der Waals surface area contributed by atoms with Crippen LogP contribution in [0.15, 0.2) is 59.7 Å². The van der Waals surface area contributed by atoms with Crippen molar-refractivity contribution in [2.75, 3.05) is 32.7 Å². The molecule has 1 amide bonds. The fourth-order valence-corrected chi connectivity index (χ4v) is 3.24. The Balaban J connectivity index is 1.36. The molecule has 0 saturated carbocycles. The van der Waals surface area contributed by atoms with Crippen LogP contribution >= 0.6 is 0 Å². The number of hydrogen-bond acceptors (Lipinski definition) is 5. The normalized spacial score (nSPS) is 16.1. The highest BCUT2D eigenvalue weighted by molar-refractivity contribution is 5.99. The van der Waals surface area contributed by atoms with Crippen molar-refractivity contribution in [1.82, 2.24) is 15.2 Å². The lowest BCUT2D eigenvalue weighted by atomic mass is 10.1. The van der Waals surface area contributed by atoms with Crippen molar-refractivity contribution in [3.8, 4) is 5.75 Å². The van der Waals surface area contributed by atoms with Crippen LogP contribution in [0.25, 0.3) is 0 Å². The number of phenolic OH excluding ortho intramolecular Hbond substituents is 1. The lowest BCUT2D eigenvalue weighted by Crippen LogP contribution is -2.46. The molecular formula is C22H28N4O2. The highest BCUT2D eigenvalue weighted by atomic mass is 16.3. The van der Waals surface area contributed by atoms with Crippen molar-refractivity contribution in [2.24, 2.45) is 5.10 Å². The average molecular weight is 380 g/mol. The summed E-state index contributed by atoms with van der Waals surface area (Å²) >= 11 is 0. The van der Waals surface area contributed by atoms with Gasteiger partial charge in [0, 0.05) is 45.7 Å². The van der Waals surface area contributed by atoms with E-state index >= 15 is 0 Å². The van der Waals surface area contributed by atoms with E-state index in [0.29, 0.717) is 12.1 Å². The van der Waals surface area contributed by atoms with E-state index < -0.39 is 0 Å². The molecule has 0 radical (unpaired) electrons. The molecule has 1 saturated heterocycles. The molecular weight excluding hydrogens is 352 g/mol. The average Bonchev–Trinajstić information content (AvgIpc) is 2.73. The maximum Gasteiger partial charge on any atom is 0.241 e. The molecule has 3 rings (SSSR count). The molecule has 1 fully saturated rings. The summed E-state index contributed by atoms with van der Waals surface area (Å²) in [4.78, 5) is 16.9. The van der Waals surface area contributed by atoms with E-state index in [1.54, 1.807) is 24.3 Å². The van der Waals surface area contributed by atoms with E-state index in [1.165, 1.54) is 5.56 Å². The van der Waals surface area contributed by atoms with E-state index in [9.17, 15) is 9.90 Å². The molecule has 0 aromatic heterocycles. The molecule has 2 N–H and O–H groups in total. The van der Waals surface area contributed by atoms with E-state index in [0.717, 1.165) is 44.8 Å². The summed E-state index contributed by atoms with van der Waals surface area (Å²) in [5.74, 6) is 0.134. The minimum atomic E-state index is -0.0788. The third-order valence-electron chi connectivity index (χ3n) is 5.00. The summed E-state index contributed by atoms with van der Waals surface area (Å²) in [5.41, 5.74) is 5.55. The first-order valence-corrected chi connectivity index (χ1v) is 9.71. The second kappa shape index (κ2) is 10.0. The van der Waals surface area contributed by atoms with Crippen LogP contribution in [-0.4, -0.2) is 59.2 Å². The van der Waals surface area contributed by atoms with Crippen molar-refractivity contribution in [2.45, 2.75) is 19.9 Å². The first-order valence-electron chi connectivity index (χ1n) is 9.71. The summed E-state index contributed by atoms with van der Waals surface area (Å²) in [6.07, 6.45) is 0.436. The smallest absolute Gasteiger partial charge is 0.241 e. The summed E-state index contributed by atoms with van der Waals surface area (Å²) in [6, 6.07) is 17.3. The zero-order chi connectivity index (χ0) is 19.8. The molecule has 2 aromatic rings. The van der Waals surface area contributed by atoms with Crippen molar-refractivity contribution in [3.63, 3.8) is 0 Å². The fourth-order valence-electron chi connectivity index (χ4n) is 3.24. The van der Waals surface area contributed by atoms with E-state index in [-0.39, 0.29) is 11.7 Å². The minimum absolute atomic E-state index is 0.0788. The number of carbonyl (C=O) groups is 1. The Bertz CT molecular complexity index is 782. The van der Waals surface area contributed by atoms with Gasteiger partial charge in [-0.15, -0.1) is 0 Å². The van der Waals surface area contributed by atoms with Gasteiger partial charge in [-0.3, -0.25) is 9.69 Å². The second-order valence-corrected chi connectivity index (χ2v) is 7.13. The van der Waals surface area contributed by atoms with Gasteiger partial charge in [0.05, 0.1) is 5.71 Å². The number of carbonyl (C=O) groups excluding carboxylic acids is 1. The molecule has 1 aliphatic heterocycles. The molecule has 1 aliphatic rings. The first-order chi connectivity index (χ1) is 13.6. The highest BCUT2D eigenvalue weighted by Gasteiger charge is 2.17. The number of amides is 1. The monoisotopic (exact) mass is 380 g/mol.